The number of benzene rings is 3. The van der Waals surface area contributed by atoms with Crippen molar-refractivity contribution in [2.24, 2.45) is 0 Å². The summed E-state index contributed by atoms with van der Waals surface area (Å²) in [5.41, 5.74) is 3.33. The maximum atomic E-state index is 13.6. The Morgan fingerprint density at radius 2 is 1.70 bits per heavy atom. The van der Waals surface area contributed by atoms with E-state index in [0.717, 1.165) is 5.56 Å². The molecule has 184 valence electrons. The van der Waals surface area contributed by atoms with Crippen LogP contribution in [-0.2, 0) is 9.53 Å². The van der Waals surface area contributed by atoms with E-state index in [1.165, 1.54) is 7.11 Å². The number of hydrogen-bond acceptors (Lipinski definition) is 6. The van der Waals surface area contributed by atoms with Crippen LogP contribution in [0.25, 0.3) is 22.4 Å². The molecular weight excluding hydrogens is 468 g/mol. The number of carbonyl (C=O) groups is 2. The monoisotopic (exact) mass is 492 g/mol. The number of pyridine rings is 1. The Bertz CT molecular complexity index is 1560. The van der Waals surface area contributed by atoms with Crippen LogP contribution in [0, 0.1) is 6.92 Å². The molecular formula is C30H24N2O5. The fraction of sp³-hybridized carbons (Fsp3) is 0.100. The van der Waals surface area contributed by atoms with Crippen molar-refractivity contribution in [2.75, 3.05) is 12.4 Å². The predicted molar refractivity (Wildman–Crippen MR) is 140 cm³/mol. The highest BCUT2D eigenvalue weighted by Crippen LogP contribution is 2.30. The van der Waals surface area contributed by atoms with Crippen LogP contribution in [-0.4, -0.2) is 24.0 Å². The number of methoxy groups -OCH3 is 1. The van der Waals surface area contributed by atoms with Crippen molar-refractivity contribution in [1.29, 1.82) is 0 Å². The molecule has 0 bridgehead atoms. The number of aryl methyl sites for hydroxylation is 1. The maximum Gasteiger partial charge on any atom is 0.340 e. The average molecular weight is 493 g/mol. The number of anilines is 1. The lowest BCUT2D eigenvalue weighted by atomic mass is 10.1. The first-order valence-electron chi connectivity index (χ1n) is 11.7. The third-order valence-electron chi connectivity index (χ3n) is 5.89. The van der Waals surface area contributed by atoms with Gasteiger partial charge in [-0.25, -0.2) is 9.78 Å². The van der Waals surface area contributed by atoms with Gasteiger partial charge < -0.3 is 19.2 Å². The minimum atomic E-state index is -1.21. The second kappa shape index (κ2) is 10.4. The highest BCUT2D eigenvalue weighted by atomic mass is 16.5. The summed E-state index contributed by atoms with van der Waals surface area (Å²) < 4.78 is 16.8. The van der Waals surface area contributed by atoms with Gasteiger partial charge in [0.2, 0.25) is 6.10 Å². The summed E-state index contributed by atoms with van der Waals surface area (Å²) in [6, 6.07) is 26.7. The molecule has 37 heavy (non-hydrogen) atoms. The van der Waals surface area contributed by atoms with E-state index in [9.17, 15) is 9.59 Å². The summed E-state index contributed by atoms with van der Waals surface area (Å²) in [5.74, 6) is -0.149. The van der Waals surface area contributed by atoms with E-state index in [4.69, 9.17) is 13.9 Å². The average Bonchev–Trinajstić information content (AvgIpc) is 3.47. The SMILES string of the molecule is COc1ccc(C)cc1NC(=O)[C@@H](OC(=O)c1cc(-c2ccco2)nc2ccccc12)c1ccccc1. The van der Waals surface area contributed by atoms with Crippen molar-refractivity contribution in [3.05, 3.63) is 114 Å². The summed E-state index contributed by atoms with van der Waals surface area (Å²) in [6.07, 6.45) is 0.331. The van der Waals surface area contributed by atoms with Gasteiger partial charge in [-0.15, -0.1) is 0 Å². The third-order valence-corrected chi connectivity index (χ3v) is 5.89. The van der Waals surface area contributed by atoms with E-state index in [0.29, 0.717) is 39.4 Å². The molecule has 0 aliphatic rings. The van der Waals surface area contributed by atoms with Crippen LogP contribution < -0.4 is 10.1 Å². The van der Waals surface area contributed by atoms with Crippen molar-refractivity contribution in [3.8, 4) is 17.2 Å². The molecule has 1 N–H and O–H groups in total. The number of furan rings is 1. The molecule has 7 nitrogen and oxygen atoms in total. The lowest BCUT2D eigenvalue weighted by Gasteiger charge is -2.20. The van der Waals surface area contributed by atoms with Gasteiger partial charge in [-0.05, 0) is 48.9 Å². The number of nitrogens with zero attached hydrogens (tertiary/aromatic N) is 1. The van der Waals surface area contributed by atoms with E-state index >= 15 is 0 Å². The van der Waals surface area contributed by atoms with E-state index in [1.54, 1.807) is 66.9 Å². The molecule has 1 amide bonds. The van der Waals surface area contributed by atoms with Gasteiger partial charge in [0.05, 0.1) is 30.1 Å². The molecule has 0 aliphatic carbocycles. The molecule has 5 rings (SSSR count). The van der Waals surface area contributed by atoms with Gasteiger partial charge >= 0.3 is 5.97 Å². The fourth-order valence-corrected chi connectivity index (χ4v) is 4.08. The highest BCUT2D eigenvalue weighted by molar-refractivity contribution is 6.06. The lowest BCUT2D eigenvalue weighted by molar-refractivity contribution is -0.125. The van der Waals surface area contributed by atoms with Crippen molar-refractivity contribution in [3.63, 3.8) is 0 Å². The minimum Gasteiger partial charge on any atom is -0.495 e. The van der Waals surface area contributed by atoms with E-state index in [1.807, 2.05) is 37.3 Å². The molecule has 3 aromatic carbocycles. The van der Waals surface area contributed by atoms with Crippen LogP contribution in [0.15, 0.2) is 102 Å². The highest BCUT2D eigenvalue weighted by Gasteiger charge is 2.28. The van der Waals surface area contributed by atoms with Gasteiger partial charge in [-0.3, -0.25) is 4.79 Å². The second-order valence-corrected chi connectivity index (χ2v) is 8.44. The largest absolute Gasteiger partial charge is 0.495 e. The molecule has 2 aromatic heterocycles. The summed E-state index contributed by atoms with van der Waals surface area (Å²) in [4.78, 5) is 31.7. The minimum absolute atomic E-state index is 0.277. The Balaban J connectivity index is 1.52. The molecule has 0 radical (unpaired) electrons. The number of amides is 1. The van der Waals surface area contributed by atoms with Crippen LogP contribution in [0.4, 0.5) is 5.69 Å². The first-order valence-corrected chi connectivity index (χ1v) is 11.7. The summed E-state index contributed by atoms with van der Waals surface area (Å²) in [6.45, 7) is 1.91. The topological polar surface area (TPSA) is 90.7 Å². The number of aromatic nitrogens is 1. The van der Waals surface area contributed by atoms with Crippen molar-refractivity contribution < 1.29 is 23.5 Å². The van der Waals surface area contributed by atoms with Gasteiger partial charge in [0.25, 0.3) is 5.91 Å². The number of nitrogens with one attached hydrogen (secondary N) is 1. The Hall–Kier alpha value is -4.91. The summed E-state index contributed by atoms with van der Waals surface area (Å²) >= 11 is 0. The number of hydrogen-bond donors (Lipinski definition) is 1. The quantitative estimate of drug-likeness (QED) is 0.266. The lowest BCUT2D eigenvalue weighted by Crippen LogP contribution is -2.26. The number of ether oxygens (including phenoxy) is 2. The van der Waals surface area contributed by atoms with Gasteiger partial charge in [0, 0.05) is 10.9 Å². The Kier molecular flexibility index (Phi) is 6.68. The third kappa shape index (κ3) is 5.06. The van der Waals surface area contributed by atoms with Crippen LogP contribution in [0.3, 0.4) is 0 Å². The van der Waals surface area contributed by atoms with Gasteiger partial charge in [0.15, 0.2) is 5.76 Å². The smallest absolute Gasteiger partial charge is 0.340 e. The van der Waals surface area contributed by atoms with Crippen LogP contribution >= 0.6 is 0 Å². The molecule has 1 atom stereocenters. The van der Waals surface area contributed by atoms with Crippen molar-refractivity contribution in [2.45, 2.75) is 13.0 Å². The molecule has 0 spiro atoms. The first kappa shape index (κ1) is 23.8. The molecule has 0 saturated carbocycles. The zero-order valence-electron chi connectivity index (χ0n) is 20.3. The fourth-order valence-electron chi connectivity index (χ4n) is 4.08. The van der Waals surface area contributed by atoms with E-state index in [2.05, 4.69) is 10.3 Å². The summed E-state index contributed by atoms with van der Waals surface area (Å²) in [5, 5.41) is 3.47. The molecule has 0 fully saturated rings. The molecule has 0 unspecified atom stereocenters. The standard InChI is InChI=1S/C30H24N2O5/c1-19-14-15-26(35-2)24(17-19)32-29(33)28(20-9-4-3-5-10-20)37-30(34)22-18-25(27-13-8-16-36-27)31-23-12-7-6-11-21(22)23/h3-18,28H,1-2H3,(H,32,33)/t28-/m0/s1. The molecule has 7 heteroatoms. The number of fused-ring (bicyclic) bond motifs is 1. The van der Waals surface area contributed by atoms with E-state index < -0.39 is 18.0 Å². The van der Waals surface area contributed by atoms with Crippen molar-refractivity contribution in [1.82, 2.24) is 4.98 Å². The Labute approximate surface area is 213 Å². The number of esters is 1. The van der Waals surface area contributed by atoms with Crippen LogP contribution in [0.2, 0.25) is 0 Å². The number of rotatable bonds is 7. The predicted octanol–water partition coefficient (Wildman–Crippen LogP) is 6.35. The zero-order chi connectivity index (χ0) is 25.8. The number of para-hydroxylation sites is 1. The van der Waals surface area contributed by atoms with Crippen molar-refractivity contribution >= 4 is 28.5 Å². The molecule has 2 heterocycles. The molecule has 0 saturated heterocycles. The normalized spacial score (nSPS) is 11.6. The molecule has 0 aliphatic heterocycles. The van der Waals surface area contributed by atoms with Gasteiger partial charge in [-0.1, -0.05) is 54.6 Å². The summed E-state index contributed by atoms with van der Waals surface area (Å²) in [7, 11) is 1.53. The maximum absolute atomic E-state index is 13.6. The van der Waals surface area contributed by atoms with E-state index in [-0.39, 0.29) is 5.56 Å². The Morgan fingerprint density at radius 3 is 2.46 bits per heavy atom. The second-order valence-electron chi connectivity index (χ2n) is 8.44. The zero-order valence-corrected chi connectivity index (χ0v) is 20.3. The first-order chi connectivity index (χ1) is 18.0. The molecule has 5 aromatic rings. The van der Waals surface area contributed by atoms with Crippen LogP contribution in [0.1, 0.15) is 27.6 Å². The van der Waals surface area contributed by atoms with Crippen LogP contribution in [0.5, 0.6) is 5.75 Å². The number of carbonyl (C=O) groups excluding carboxylic acids is 2. The Morgan fingerprint density at radius 1 is 0.919 bits per heavy atom. The van der Waals surface area contributed by atoms with Gasteiger partial charge in [-0.2, -0.15) is 0 Å². The van der Waals surface area contributed by atoms with Gasteiger partial charge in [0.1, 0.15) is 11.4 Å².